The zero-order valence-electron chi connectivity index (χ0n) is 13.2. The fourth-order valence-electron chi connectivity index (χ4n) is 3.56. The summed E-state index contributed by atoms with van der Waals surface area (Å²) in [6.45, 7) is 4.05. The van der Waals surface area contributed by atoms with Gasteiger partial charge in [0.05, 0.1) is 0 Å². The van der Waals surface area contributed by atoms with Crippen LogP contribution in [-0.4, -0.2) is 47.7 Å². The van der Waals surface area contributed by atoms with Crippen molar-refractivity contribution >= 4 is 10.2 Å². The summed E-state index contributed by atoms with van der Waals surface area (Å²) < 4.78 is 28.9. The molecule has 1 aromatic heterocycles. The maximum Gasteiger partial charge on any atom is 0.282 e. The first-order valence-electron chi connectivity index (χ1n) is 8.26. The van der Waals surface area contributed by atoms with E-state index in [1.807, 2.05) is 19.2 Å². The molecule has 0 N–H and O–H groups in total. The van der Waals surface area contributed by atoms with Crippen LogP contribution in [0.1, 0.15) is 43.4 Å². The summed E-state index contributed by atoms with van der Waals surface area (Å²) in [4.78, 5) is 4.21. The van der Waals surface area contributed by atoms with Gasteiger partial charge in [-0.05, 0) is 63.1 Å². The maximum atomic E-state index is 12.8. The molecule has 2 aliphatic heterocycles. The standard InChI is InChI=1S/C16H25N3O2S/c1-14-13-15(8-9-17-14)6-7-16-5-4-12-19(16)22(20,21)18-10-2-3-11-18/h8-9,13,16H,2-7,10-12H2,1H3/t16-/m0/s1. The van der Waals surface area contributed by atoms with Gasteiger partial charge in [-0.1, -0.05) is 0 Å². The minimum atomic E-state index is -3.25. The first-order valence-corrected chi connectivity index (χ1v) is 9.65. The average molecular weight is 323 g/mol. The molecule has 0 aliphatic carbocycles. The summed E-state index contributed by atoms with van der Waals surface area (Å²) >= 11 is 0. The summed E-state index contributed by atoms with van der Waals surface area (Å²) in [7, 11) is -3.25. The minimum Gasteiger partial charge on any atom is -0.262 e. The molecule has 0 amide bonds. The molecule has 122 valence electrons. The van der Waals surface area contributed by atoms with E-state index in [1.165, 1.54) is 5.56 Å². The molecule has 0 unspecified atom stereocenters. The van der Waals surface area contributed by atoms with Gasteiger partial charge in [0.2, 0.25) is 0 Å². The quantitative estimate of drug-likeness (QED) is 0.834. The number of nitrogens with zero attached hydrogens (tertiary/aromatic N) is 3. The van der Waals surface area contributed by atoms with Crippen molar-refractivity contribution in [2.24, 2.45) is 0 Å². The molecular formula is C16H25N3O2S. The lowest BCUT2D eigenvalue weighted by molar-refractivity contribution is 0.333. The monoisotopic (exact) mass is 323 g/mol. The van der Waals surface area contributed by atoms with E-state index in [0.717, 1.165) is 44.2 Å². The Morgan fingerprint density at radius 2 is 2.00 bits per heavy atom. The average Bonchev–Trinajstić information content (AvgIpc) is 3.17. The molecule has 2 fully saturated rings. The predicted molar refractivity (Wildman–Crippen MR) is 86.7 cm³/mol. The Bertz CT molecular complexity index is 612. The zero-order valence-corrected chi connectivity index (χ0v) is 14.1. The van der Waals surface area contributed by atoms with Gasteiger partial charge in [0.25, 0.3) is 10.2 Å². The summed E-state index contributed by atoms with van der Waals surface area (Å²) in [6, 6.07) is 4.27. The van der Waals surface area contributed by atoms with Crippen molar-refractivity contribution in [1.29, 1.82) is 0 Å². The van der Waals surface area contributed by atoms with Crippen LogP contribution in [0.15, 0.2) is 18.3 Å². The number of pyridine rings is 1. The molecule has 0 saturated carbocycles. The van der Waals surface area contributed by atoms with Crippen LogP contribution >= 0.6 is 0 Å². The number of hydrogen-bond acceptors (Lipinski definition) is 3. The summed E-state index contributed by atoms with van der Waals surface area (Å²) in [6.07, 6.45) is 7.60. The SMILES string of the molecule is Cc1cc(CC[C@@H]2CCCN2S(=O)(=O)N2CCCC2)ccn1. The van der Waals surface area contributed by atoms with Crippen molar-refractivity contribution in [3.63, 3.8) is 0 Å². The Kier molecular flexibility index (Phi) is 4.80. The predicted octanol–water partition coefficient (Wildman–Crippen LogP) is 2.13. The van der Waals surface area contributed by atoms with Crippen LogP contribution in [0, 0.1) is 6.92 Å². The molecule has 1 aromatic rings. The smallest absolute Gasteiger partial charge is 0.262 e. The summed E-state index contributed by atoms with van der Waals surface area (Å²) in [5, 5.41) is 0. The first-order chi connectivity index (χ1) is 10.6. The largest absolute Gasteiger partial charge is 0.282 e. The van der Waals surface area contributed by atoms with Crippen LogP contribution in [0.3, 0.4) is 0 Å². The molecule has 1 atom stereocenters. The third kappa shape index (κ3) is 3.34. The van der Waals surface area contributed by atoms with Crippen LogP contribution < -0.4 is 0 Å². The van der Waals surface area contributed by atoms with Gasteiger partial charge in [-0.15, -0.1) is 0 Å². The van der Waals surface area contributed by atoms with E-state index in [0.29, 0.717) is 19.6 Å². The van der Waals surface area contributed by atoms with Gasteiger partial charge < -0.3 is 0 Å². The van der Waals surface area contributed by atoms with Crippen LogP contribution in [0.2, 0.25) is 0 Å². The first kappa shape index (κ1) is 15.9. The van der Waals surface area contributed by atoms with Crippen molar-refractivity contribution in [1.82, 2.24) is 13.6 Å². The molecule has 2 saturated heterocycles. The fourth-order valence-corrected chi connectivity index (χ4v) is 5.53. The second-order valence-corrected chi connectivity index (χ2v) is 8.25. The molecule has 0 bridgehead atoms. The fraction of sp³-hybridized carbons (Fsp3) is 0.688. The highest BCUT2D eigenvalue weighted by molar-refractivity contribution is 7.86. The molecule has 0 aromatic carbocycles. The van der Waals surface area contributed by atoms with Gasteiger partial charge in [-0.3, -0.25) is 4.98 Å². The Balaban J connectivity index is 1.65. The van der Waals surface area contributed by atoms with Crippen molar-refractivity contribution in [2.45, 2.75) is 51.5 Å². The Labute approximate surface area is 133 Å². The molecule has 6 heteroatoms. The van der Waals surface area contributed by atoms with Crippen molar-refractivity contribution in [3.05, 3.63) is 29.6 Å². The van der Waals surface area contributed by atoms with Gasteiger partial charge in [0.1, 0.15) is 0 Å². The van der Waals surface area contributed by atoms with E-state index in [4.69, 9.17) is 0 Å². The Morgan fingerprint density at radius 3 is 2.73 bits per heavy atom. The second kappa shape index (κ2) is 6.64. The maximum absolute atomic E-state index is 12.8. The lowest BCUT2D eigenvalue weighted by atomic mass is 10.0. The van der Waals surface area contributed by atoms with Crippen molar-refractivity contribution in [3.8, 4) is 0 Å². The molecule has 22 heavy (non-hydrogen) atoms. The highest BCUT2D eigenvalue weighted by Crippen LogP contribution is 2.28. The summed E-state index contributed by atoms with van der Waals surface area (Å²) in [5.41, 5.74) is 2.27. The van der Waals surface area contributed by atoms with Gasteiger partial charge >= 0.3 is 0 Å². The Morgan fingerprint density at radius 1 is 1.23 bits per heavy atom. The zero-order chi connectivity index (χ0) is 15.6. The van der Waals surface area contributed by atoms with E-state index in [1.54, 1.807) is 8.61 Å². The lowest BCUT2D eigenvalue weighted by Gasteiger charge is -2.28. The highest BCUT2D eigenvalue weighted by Gasteiger charge is 2.38. The second-order valence-electron chi connectivity index (χ2n) is 6.36. The number of rotatable bonds is 5. The van der Waals surface area contributed by atoms with Crippen LogP contribution in [0.25, 0.3) is 0 Å². The van der Waals surface area contributed by atoms with E-state index in [2.05, 4.69) is 11.1 Å². The normalized spacial score (nSPS) is 24.1. The lowest BCUT2D eigenvalue weighted by Crippen LogP contribution is -2.44. The number of hydrogen-bond donors (Lipinski definition) is 0. The van der Waals surface area contributed by atoms with Crippen LogP contribution in [0.4, 0.5) is 0 Å². The topological polar surface area (TPSA) is 53.5 Å². The molecular weight excluding hydrogens is 298 g/mol. The van der Waals surface area contributed by atoms with Gasteiger partial charge in [-0.25, -0.2) is 0 Å². The summed E-state index contributed by atoms with van der Waals surface area (Å²) in [5.74, 6) is 0. The van der Waals surface area contributed by atoms with Crippen molar-refractivity contribution in [2.75, 3.05) is 19.6 Å². The van der Waals surface area contributed by atoms with Gasteiger partial charge in [0, 0.05) is 37.6 Å². The van der Waals surface area contributed by atoms with E-state index < -0.39 is 10.2 Å². The highest BCUT2D eigenvalue weighted by atomic mass is 32.2. The van der Waals surface area contributed by atoms with Crippen LogP contribution in [-0.2, 0) is 16.6 Å². The van der Waals surface area contributed by atoms with E-state index in [9.17, 15) is 8.42 Å². The molecule has 2 aliphatic rings. The van der Waals surface area contributed by atoms with Gasteiger partial charge in [-0.2, -0.15) is 17.0 Å². The number of aromatic nitrogens is 1. The third-order valence-corrected chi connectivity index (χ3v) is 6.83. The van der Waals surface area contributed by atoms with E-state index >= 15 is 0 Å². The number of aryl methyl sites for hydroxylation is 2. The molecule has 3 heterocycles. The van der Waals surface area contributed by atoms with Crippen molar-refractivity contribution < 1.29 is 8.42 Å². The van der Waals surface area contributed by atoms with Crippen LogP contribution in [0.5, 0.6) is 0 Å². The molecule has 0 spiro atoms. The van der Waals surface area contributed by atoms with Gasteiger partial charge in [0.15, 0.2) is 0 Å². The molecule has 3 rings (SSSR count). The Hall–Kier alpha value is -0.980. The minimum absolute atomic E-state index is 0.152. The van der Waals surface area contributed by atoms with E-state index in [-0.39, 0.29) is 6.04 Å². The molecule has 0 radical (unpaired) electrons. The third-order valence-electron chi connectivity index (χ3n) is 4.74. The molecule has 5 nitrogen and oxygen atoms in total.